The molecule has 0 amide bonds. The number of hydrogen-bond donors (Lipinski definition) is 1. The van der Waals surface area contributed by atoms with Gasteiger partial charge in [0, 0.05) is 30.9 Å². The first-order valence-corrected chi connectivity index (χ1v) is 7.08. The quantitative estimate of drug-likeness (QED) is 0.860. The minimum atomic E-state index is 0.682. The average Bonchev–Trinajstić information content (AvgIpc) is 3.20. The van der Waals surface area contributed by atoms with Gasteiger partial charge in [-0.05, 0) is 50.0 Å². The first kappa shape index (κ1) is 10.1. The molecular formula is C14H21N3. The summed E-state index contributed by atoms with van der Waals surface area (Å²) in [6.07, 6.45) is 11.3. The van der Waals surface area contributed by atoms with Crippen molar-refractivity contribution in [3.05, 3.63) is 18.2 Å². The predicted molar refractivity (Wildman–Crippen MR) is 66.8 cm³/mol. The SMILES string of the molecule is c1ncn(CC2(C3CC3)CC2)c1C1CCNC1. The van der Waals surface area contributed by atoms with Crippen LogP contribution in [-0.4, -0.2) is 22.6 Å². The standard InChI is InChI=1S/C14H21N3/c1-2-12(1)14(4-5-14)9-17-10-16-8-13(17)11-3-6-15-7-11/h8,10-12,15H,1-7,9H2. The summed E-state index contributed by atoms with van der Waals surface area (Å²) < 4.78 is 2.46. The highest BCUT2D eigenvalue weighted by Crippen LogP contribution is 2.62. The van der Waals surface area contributed by atoms with Crippen molar-refractivity contribution in [2.45, 2.75) is 44.6 Å². The second kappa shape index (κ2) is 3.58. The molecular weight excluding hydrogens is 210 g/mol. The van der Waals surface area contributed by atoms with Gasteiger partial charge in [-0.15, -0.1) is 0 Å². The molecule has 1 N–H and O–H groups in total. The van der Waals surface area contributed by atoms with Crippen LogP contribution in [0.5, 0.6) is 0 Å². The van der Waals surface area contributed by atoms with E-state index in [9.17, 15) is 0 Å². The van der Waals surface area contributed by atoms with E-state index in [1.165, 1.54) is 50.9 Å². The van der Waals surface area contributed by atoms with E-state index in [-0.39, 0.29) is 0 Å². The van der Waals surface area contributed by atoms with E-state index < -0.39 is 0 Å². The Morgan fingerprint density at radius 2 is 2.24 bits per heavy atom. The lowest BCUT2D eigenvalue weighted by molar-refractivity contribution is 0.361. The predicted octanol–water partition coefficient (Wildman–Crippen LogP) is 2.15. The molecule has 1 unspecified atom stereocenters. The van der Waals surface area contributed by atoms with Crippen LogP contribution < -0.4 is 5.32 Å². The molecule has 17 heavy (non-hydrogen) atoms. The summed E-state index contributed by atoms with van der Waals surface area (Å²) in [7, 11) is 0. The smallest absolute Gasteiger partial charge is 0.0948 e. The van der Waals surface area contributed by atoms with Crippen molar-refractivity contribution in [1.82, 2.24) is 14.9 Å². The Labute approximate surface area is 103 Å². The Balaban J connectivity index is 1.55. The van der Waals surface area contributed by atoms with Crippen LogP contribution in [0.25, 0.3) is 0 Å². The van der Waals surface area contributed by atoms with Crippen molar-refractivity contribution >= 4 is 0 Å². The van der Waals surface area contributed by atoms with Crippen molar-refractivity contribution in [3.63, 3.8) is 0 Å². The van der Waals surface area contributed by atoms with E-state index >= 15 is 0 Å². The number of aromatic nitrogens is 2. The number of nitrogens with one attached hydrogen (secondary N) is 1. The van der Waals surface area contributed by atoms with E-state index in [4.69, 9.17) is 0 Å². The Morgan fingerprint density at radius 1 is 1.35 bits per heavy atom. The van der Waals surface area contributed by atoms with E-state index in [1.807, 2.05) is 0 Å². The maximum absolute atomic E-state index is 4.39. The molecule has 92 valence electrons. The highest BCUT2D eigenvalue weighted by molar-refractivity contribution is 5.12. The summed E-state index contributed by atoms with van der Waals surface area (Å²) in [5.74, 6) is 1.74. The van der Waals surface area contributed by atoms with Crippen LogP contribution in [0.2, 0.25) is 0 Å². The van der Waals surface area contributed by atoms with Gasteiger partial charge in [-0.1, -0.05) is 0 Å². The molecule has 2 heterocycles. The van der Waals surface area contributed by atoms with Crippen molar-refractivity contribution in [3.8, 4) is 0 Å². The number of imidazole rings is 1. The maximum Gasteiger partial charge on any atom is 0.0948 e. The molecule has 0 radical (unpaired) electrons. The van der Waals surface area contributed by atoms with Gasteiger partial charge in [-0.25, -0.2) is 4.98 Å². The zero-order valence-corrected chi connectivity index (χ0v) is 10.4. The van der Waals surface area contributed by atoms with Gasteiger partial charge in [0.25, 0.3) is 0 Å². The topological polar surface area (TPSA) is 29.9 Å². The van der Waals surface area contributed by atoms with E-state index in [2.05, 4.69) is 27.4 Å². The third-order valence-corrected chi connectivity index (χ3v) is 5.04. The van der Waals surface area contributed by atoms with Crippen LogP contribution in [0, 0.1) is 11.3 Å². The van der Waals surface area contributed by atoms with Crippen LogP contribution in [0.4, 0.5) is 0 Å². The molecule has 0 aromatic carbocycles. The van der Waals surface area contributed by atoms with E-state index in [0.29, 0.717) is 11.3 Å². The Kier molecular flexibility index (Phi) is 2.13. The van der Waals surface area contributed by atoms with Gasteiger partial charge < -0.3 is 9.88 Å². The van der Waals surface area contributed by atoms with Crippen LogP contribution in [0.3, 0.4) is 0 Å². The van der Waals surface area contributed by atoms with Gasteiger partial charge >= 0.3 is 0 Å². The van der Waals surface area contributed by atoms with Crippen LogP contribution in [0.1, 0.15) is 43.7 Å². The molecule has 3 heteroatoms. The van der Waals surface area contributed by atoms with Gasteiger partial charge in [-0.3, -0.25) is 0 Å². The summed E-state index contributed by atoms with van der Waals surface area (Å²) in [5.41, 5.74) is 2.16. The number of nitrogens with zero attached hydrogens (tertiary/aromatic N) is 2. The molecule has 0 spiro atoms. The van der Waals surface area contributed by atoms with Gasteiger partial charge in [0.05, 0.1) is 6.33 Å². The highest BCUT2D eigenvalue weighted by atomic mass is 15.1. The molecule has 3 fully saturated rings. The summed E-state index contributed by atoms with van der Waals surface area (Å²) in [6, 6.07) is 0. The third-order valence-electron chi connectivity index (χ3n) is 5.04. The molecule has 1 aromatic heterocycles. The van der Waals surface area contributed by atoms with Gasteiger partial charge in [0.2, 0.25) is 0 Å². The average molecular weight is 231 g/mol. The van der Waals surface area contributed by atoms with Crippen molar-refractivity contribution in [1.29, 1.82) is 0 Å². The molecule has 4 rings (SSSR count). The van der Waals surface area contributed by atoms with Gasteiger partial charge in [-0.2, -0.15) is 0 Å². The molecule has 2 saturated carbocycles. The zero-order valence-electron chi connectivity index (χ0n) is 10.4. The maximum atomic E-state index is 4.39. The largest absolute Gasteiger partial charge is 0.334 e. The highest BCUT2D eigenvalue weighted by Gasteiger charge is 2.53. The molecule has 1 aromatic rings. The lowest BCUT2D eigenvalue weighted by atomic mass is 9.99. The summed E-state index contributed by atoms with van der Waals surface area (Å²) in [4.78, 5) is 4.39. The molecule has 0 bridgehead atoms. The van der Waals surface area contributed by atoms with Crippen molar-refractivity contribution in [2.75, 3.05) is 13.1 Å². The fourth-order valence-corrected chi connectivity index (χ4v) is 3.60. The second-order valence-electron chi connectivity index (χ2n) is 6.27. The number of hydrogen-bond acceptors (Lipinski definition) is 2. The third kappa shape index (κ3) is 1.71. The Bertz CT molecular complexity index is 409. The lowest BCUT2D eigenvalue weighted by Crippen LogP contribution is -2.17. The molecule has 3 aliphatic rings. The van der Waals surface area contributed by atoms with Crippen molar-refractivity contribution in [2.24, 2.45) is 11.3 Å². The first-order chi connectivity index (χ1) is 8.37. The van der Waals surface area contributed by atoms with E-state index in [1.54, 1.807) is 0 Å². The lowest BCUT2D eigenvalue weighted by Gasteiger charge is -2.19. The molecule has 3 nitrogen and oxygen atoms in total. The molecule has 2 aliphatic carbocycles. The summed E-state index contributed by atoms with van der Waals surface area (Å²) in [5, 5.41) is 3.46. The van der Waals surface area contributed by atoms with E-state index in [0.717, 1.165) is 12.5 Å². The fraction of sp³-hybridized carbons (Fsp3) is 0.786. The molecule has 1 saturated heterocycles. The summed E-state index contributed by atoms with van der Waals surface area (Å²) in [6.45, 7) is 3.55. The van der Waals surface area contributed by atoms with Gasteiger partial charge in [0.15, 0.2) is 0 Å². The first-order valence-electron chi connectivity index (χ1n) is 7.08. The van der Waals surface area contributed by atoms with Crippen LogP contribution in [-0.2, 0) is 6.54 Å². The monoisotopic (exact) mass is 231 g/mol. The Hall–Kier alpha value is -0.830. The van der Waals surface area contributed by atoms with Crippen LogP contribution in [0.15, 0.2) is 12.5 Å². The minimum absolute atomic E-state index is 0.682. The minimum Gasteiger partial charge on any atom is -0.334 e. The zero-order chi connectivity index (χ0) is 11.3. The summed E-state index contributed by atoms with van der Waals surface area (Å²) >= 11 is 0. The normalized spacial score (nSPS) is 30.7. The van der Waals surface area contributed by atoms with Crippen molar-refractivity contribution < 1.29 is 0 Å². The second-order valence-corrected chi connectivity index (χ2v) is 6.27. The Morgan fingerprint density at radius 3 is 2.88 bits per heavy atom. The molecule has 1 atom stereocenters. The van der Waals surface area contributed by atoms with Gasteiger partial charge in [0.1, 0.15) is 0 Å². The van der Waals surface area contributed by atoms with Crippen LogP contribution >= 0.6 is 0 Å². The molecule has 1 aliphatic heterocycles. The fourth-order valence-electron chi connectivity index (χ4n) is 3.60. The number of rotatable bonds is 4.